The van der Waals surface area contributed by atoms with Gasteiger partial charge >= 0.3 is 0 Å². The largest absolute Gasteiger partial charge is 0.342 e. The van der Waals surface area contributed by atoms with Crippen molar-refractivity contribution in [2.75, 3.05) is 19.6 Å². The Labute approximate surface area is 87.6 Å². The van der Waals surface area contributed by atoms with Crippen molar-refractivity contribution >= 4 is 5.91 Å². The lowest BCUT2D eigenvalue weighted by molar-refractivity contribution is -0.135. The maximum atomic E-state index is 11.8. The molecule has 2 unspecified atom stereocenters. The van der Waals surface area contributed by atoms with Gasteiger partial charge in [0, 0.05) is 25.6 Å². The first-order chi connectivity index (χ1) is 6.56. The highest BCUT2D eigenvalue weighted by Gasteiger charge is 2.18. The Morgan fingerprint density at radius 1 is 1.36 bits per heavy atom. The molecule has 0 aromatic rings. The van der Waals surface area contributed by atoms with Crippen LogP contribution in [0.2, 0.25) is 0 Å². The third kappa shape index (κ3) is 4.09. The van der Waals surface area contributed by atoms with Crippen LogP contribution in [0.5, 0.6) is 0 Å². The van der Waals surface area contributed by atoms with Crippen LogP contribution < -0.4 is 5.73 Å². The van der Waals surface area contributed by atoms with Gasteiger partial charge in [-0.3, -0.25) is 4.79 Å². The smallest absolute Gasteiger partial charge is 0.226 e. The maximum absolute atomic E-state index is 11.8. The number of carbonyl (C=O) groups excluding carboxylic acids is 1. The summed E-state index contributed by atoms with van der Waals surface area (Å²) in [6.07, 6.45) is 1.11. The number of amides is 1. The van der Waals surface area contributed by atoms with Crippen molar-refractivity contribution in [2.24, 2.45) is 17.6 Å². The van der Waals surface area contributed by atoms with Crippen molar-refractivity contribution in [2.45, 2.75) is 34.1 Å². The van der Waals surface area contributed by atoms with Crippen LogP contribution >= 0.6 is 0 Å². The van der Waals surface area contributed by atoms with E-state index in [2.05, 4.69) is 13.8 Å². The number of hydrogen-bond acceptors (Lipinski definition) is 2. The molecule has 14 heavy (non-hydrogen) atoms. The van der Waals surface area contributed by atoms with E-state index in [1.54, 1.807) is 0 Å². The zero-order valence-electron chi connectivity index (χ0n) is 9.92. The van der Waals surface area contributed by atoms with Gasteiger partial charge in [0.15, 0.2) is 0 Å². The van der Waals surface area contributed by atoms with E-state index in [9.17, 15) is 4.79 Å². The molecule has 0 saturated heterocycles. The Morgan fingerprint density at radius 2 is 1.93 bits per heavy atom. The topological polar surface area (TPSA) is 46.3 Å². The Balaban J connectivity index is 4.18. The highest BCUT2D eigenvalue weighted by Crippen LogP contribution is 2.07. The molecule has 0 bridgehead atoms. The molecule has 0 heterocycles. The van der Waals surface area contributed by atoms with E-state index in [1.165, 1.54) is 0 Å². The summed E-state index contributed by atoms with van der Waals surface area (Å²) in [6.45, 7) is 10.3. The second-order valence-corrected chi connectivity index (χ2v) is 4.03. The third-order valence-corrected chi connectivity index (χ3v) is 2.70. The Morgan fingerprint density at radius 3 is 2.29 bits per heavy atom. The van der Waals surface area contributed by atoms with E-state index in [1.807, 2.05) is 18.7 Å². The molecular weight excluding hydrogens is 176 g/mol. The maximum Gasteiger partial charge on any atom is 0.226 e. The average Bonchev–Trinajstić information content (AvgIpc) is 2.23. The van der Waals surface area contributed by atoms with Crippen molar-refractivity contribution in [3.63, 3.8) is 0 Å². The molecule has 0 aromatic heterocycles. The average molecular weight is 200 g/mol. The van der Waals surface area contributed by atoms with E-state index >= 15 is 0 Å². The van der Waals surface area contributed by atoms with Crippen molar-refractivity contribution in [3.05, 3.63) is 0 Å². The van der Waals surface area contributed by atoms with E-state index in [4.69, 9.17) is 5.73 Å². The number of rotatable bonds is 6. The number of nitrogens with two attached hydrogens (primary N) is 1. The van der Waals surface area contributed by atoms with Crippen LogP contribution in [0.15, 0.2) is 0 Å². The quantitative estimate of drug-likeness (QED) is 0.706. The standard InChI is InChI=1S/C11H24N2O/c1-5-9(3)8-13(6-2)11(14)10(4)7-12/h9-10H,5-8,12H2,1-4H3. The minimum Gasteiger partial charge on any atom is -0.342 e. The van der Waals surface area contributed by atoms with Gasteiger partial charge in [-0.25, -0.2) is 0 Å². The SMILES string of the molecule is CCC(C)CN(CC)C(=O)C(C)CN. The lowest BCUT2D eigenvalue weighted by Crippen LogP contribution is -2.40. The molecule has 2 N–H and O–H groups in total. The molecule has 0 fully saturated rings. The normalized spacial score (nSPS) is 14.9. The van der Waals surface area contributed by atoms with E-state index in [-0.39, 0.29) is 11.8 Å². The molecule has 0 spiro atoms. The first-order valence-corrected chi connectivity index (χ1v) is 5.55. The van der Waals surface area contributed by atoms with Crippen molar-refractivity contribution in [3.8, 4) is 0 Å². The van der Waals surface area contributed by atoms with Gasteiger partial charge in [-0.1, -0.05) is 27.2 Å². The van der Waals surface area contributed by atoms with E-state index in [0.717, 1.165) is 19.5 Å². The third-order valence-electron chi connectivity index (χ3n) is 2.70. The second kappa shape index (κ2) is 6.82. The van der Waals surface area contributed by atoms with Gasteiger partial charge < -0.3 is 10.6 Å². The summed E-state index contributed by atoms with van der Waals surface area (Å²) < 4.78 is 0. The predicted octanol–water partition coefficient (Wildman–Crippen LogP) is 1.48. The molecule has 0 aliphatic heterocycles. The molecule has 2 atom stereocenters. The fourth-order valence-corrected chi connectivity index (χ4v) is 1.29. The molecule has 0 aliphatic carbocycles. The predicted molar refractivity (Wildman–Crippen MR) is 59.9 cm³/mol. The van der Waals surface area contributed by atoms with Gasteiger partial charge in [0.25, 0.3) is 0 Å². The lowest BCUT2D eigenvalue weighted by atomic mass is 10.1. The summed E-state index contributed by atoms with van der Waals surface area (Å²) in [4.78, 5) is 13.7. The van der Waals surface area contributed by atoms with Crippen LogP contribution in [0.3, 0.4) is 0 Å². The number of carbonyl (C=O) groups is 1. The number of hydrogen-bond donors (Lipinski definition) is 1. The first-order valence-electron chi connectivity index (χ1n) is 5.55. The fourth-order valence-electron chi connectivity index (χ4n) is 1.29. The van der Waals surface area contributed by atoms with Gasteiger partial charge in [-0.05, 0) is 12.8 Å². The molecule has 1 amide bonds. The zero-order chi connectivity index (χ0) is 11.1. The Bertz CT molecular complexity index is 171. The van der Waals surface area contributed by atoms with Crippen LogP contribution in [0.25, 0.3) is 0 Å². The summed E-state index contributed by atoms with van der Waals surface area (Å²) in [5.74, 6) is 0.721. The Hall–Kier alpha value is -0.570. The number of nitrogens with zero attached hydrogens (tertiary/aromatic N) is 1. The molecule has 0 aromatic carbocycles. The molecular formula is C11H24N2O. The molecule has 3 nitrogen and oxygen atoms in total. The van der Waals surface area contributed by atoms with Gasteiger partial charge in [-0.2, -0.15) is 0 Å². The molecule has 0 rings (SSSR count). The van der Waals surface area contributed by atoms with E-state index < -0.39 is 0 Å². The van der Waals surface area contributed by atoms with Crippen LogP contribution in [0.4, 0.5) is 0 Å². The lowest BCUT2D eigenvalue weighted by Gasteiger charge is -2.26. The summed E-state index contributed by atoms with van der Waals surface area (Å²) in [5.41, 5.74) is 5.48. The highest BCUT2D eigenvalue weighted by molar-refractivity contribution is 5.78. The second-order valence-electron chi connectivity index (χ2n) is 4.03. The van der Waals surface area contributed by atoms with Crippen LogP contribution in [-0.4, -0.2) is 30.4 Å². The van der Waals surface area contributed by atoms with E-state index in [0.29, 0.717) is 12.5 Å². The molecule has 3 heteroatoms. The van der Waals surface area contributed by atoms with Crippen molar-refractivity contribution < 1.29 is 4.79 Å². The molecule has 0 radical (unpaired) electrons. The van der Waals surface area contributed by atoms with Crippen LogP contribution in [0.1, 0.15) is 34.1 Å². The highest BCUT2D eigenvalue weighted by atomic mass is 16.2. The fraction of sp³-hybridized carbons (Fsp3) is 0.909. The van der Waals surface area contributed by atoms with Crippen molar-refractivity contribution in [1.29, 1.82) is 0 Å². The van der Waals surface area contributed by atoms with Gasteiger partial charge in [0.2, 0.25) is 5.91 Å². The monoisotopic (exact) mass is 200 g/mol. The Kier molecular flexibility index (Phi) is 6.54. The van der Waals surface area contributed by atoms with Crippen LogP contribution in [0, 0.1) is 11.8 Å². The summed E-state index contributed by atoms with van der Waals surface area (Å²) in [6, 6.07) is 0. The molecule has 0 saturated carbocycles. The van der Waals surface area contributed by atoms with Gasteiger partial charge in [-0.15, -0.1) is 0 Å². The minimum atomic E-state index is -0.0426. The van der Waals surface area contributed by atoms with Crippen molar-refractivity contribution in [1.82, 2.24) is 4.90 Å². The summed E-state index contributed by atoms with van der Waals surface area (Å²) in [7, 11) is 0. The van der Waals surface area contributed by atoms with Crippen LogP contribution in [-0.2, 0) is 4.79 Å². The molecule has 84 valence electrons. The van der Waals surface area contributed by atoms with Gasteiger partial charge in [0.1, 0.15) is 0 Å². The summed E-state index contributed by atoms with van der Waals surface area (Å²) in [5, 5.41) is 0. The van der Waals surface area contributed by atoms with Gasteiger partial charge in [0.05, 0.1) is 0 Å². The summed E-state index contributed by atoms with van der Waals surface area (Å²) >= 11 is 0. The first kappa shape index (κ1) is 13.4. The minimum absolute atomic E-state index is 0.0426. The molecule has 0 aliphatic rings. The zero-order valence-corrected chi connectivity index (χ0v) is 9.92.